The Morgan fingerprint density at radius 1 is 0.970 bits per heavy atom. The van der Waals surface area contributed by atoms with Crippen LogP contribution in [0.1, 0.15) is 50.3 Å². The summed E-state index contributed by atoms with van der Waals surface area (Å²) in [6.45, 7) is 9.19. The van der Waals surface area contributed by atoms with Crippen LogP contribution >= 0.6 is 0 Å². The molecule has 33 heavy (non-hydrogen) atoms. The molecule has 4 rings (SSSR count). The van der Waals surface area contributed by atoms with Crippen LogP contribution in [0, 0.1) is 5.92 Å². The van der Waals surface area contributed by atoms with Crippen LogP contribution in [0.4, 0.5) is 10.5 Å². The normalized spacial score (nSPS) is 16.5. The third-order valence-corrected chi connectivity index (χ3v) is 6.36. The number of hydrogen-bond donors (Lipinski definition) is 1. The summed E-state index contributed by atoms with van der Waals surface area (Å²) in [7, 11) is 0. The van der Waals surface area contributed by atoms with E-state index in [0.717, 1.165) is 25.1 Å². The third-order valence-electron chi connectivity index (χ3n) is 6.36. The largest absolute Gasteiger partial charge is 0.444 e. The molecule has 0 unspecified atom stereocenters. The minimum Gasteiger partial charge on any atom is -0.444 e. The van der Waals surface area contributed by atoms with Crippen molar-refractivity contribution in [2.75, 3.05) is 24.5 Å². The number of carbonyl (C=O) groups excluding carboxylic acids is 2. The number of anilines is 1. The van der Waals surface area contributed by atoms with E-state index in [-0.39, 0.29) is 17.9 Å². The van der Waals surface area contributed by atoms with Crippen molar-refractivity contribution in [1.29, 1.82) is 0 Å². The summed E-state index contributed by atoms with van der Waals surface area (Å²) in [6.07, 6.45) is 2.15. The Morgan fingerprint density at radius 3 is 2.33 bits per heavy atom. The third kappa shape index (κ3) is 6.06. The molecule has 0 aliphatic carbocycles. The van der Waals surface area contributed by atoms with E-state index in [1.54, 1.807) is 4.90 Å². The van der Waals surface area contributed by atoms with Gasteiger partial charge in [-0.15, -0.1) is 0 Å². The standard InChI is InChI=1S/C27H35N3O3/c1-27(2,3)33-26(32)29-15-13-23(14-16-29)25(31)28-18-20-8-10-21(11-9-20)19-30-17-12-22-6-4-5-7-24(22)30/h4-11,23H,12-19H2,1-3H3,(H,28,31). The van der Waals surface area contributed by atoms with Crippen LogP contribution in [0.25, 0.3) is 0 Å². The Kier molecular flexibility index (Phi) is 6.91. The average Bonchev–Trinajstić information content (AvgIpc) is 3.20. The Morgan fingerprint density at radius 2 is 1.64 bits per heavy atom. The molecule has 2 aliphatic rings. The number of ether oxygens (including phenoxy) is 1. The molecule has 0 atom stereocenters. The summed E-state index contributed by atoms with van der Waals surface area (Å²) < 4.78 is 5.43. The van der Waals surface area contributed by atoms with E-state index in [0.29, 0.717) is 32.5 Å². The molecule has 2 aliphatic heterocycles. The molecular weight excluding hydrogens is 414 g/mol. The van der Waals surface area contributed by atoms with E-state index < -0.39 is 5.60 Å². The summed E-state index contributed by atoms with van der Waals surface area (Å²) in [5.41, 5.74) is 4.64. The van der Waals surface area contributed by atoms with E-state index in [1.807, 2.05) is 20.8 Å². The Balaban J connectivity index is 1.21. The molecule has 176 valence electrons. The zero-order chi connectivity index (χ0) is 23.4. The fraction of sp³-hybridized carbons (Fsp3) is 0.481. The maximum atomic E-state index is 12.6. The first-order valence-electron chi connectivity index (χ1n) is 11.9. The number of carbonyl (C=O) groups is 2. The topological polar surface area (TPSA) is 61.9 Å². The second-order valence-electron chi connectivity index (χ2n) is 10.1. The number of para-hydroxylation sites is 1. The van der Waals surface area contributed by atoms with Gasteiger partial charge in [-0.25, -0.2) is 4.79 Å². The number of nitrogens with one attached hydrogen (secondary N) is 1. The van der Waals surface area contributed by atoms with Crippen molar-refractivity contribution < 1.29 is 14.3 Å². The lowest BCUT2D eigenvalue weighted by molar-refractivity contribution is -0.126. The van der Waals surface area contributed by atoms with Gasteiger partial charge in [0.25, 0.3) is 0 Å². The Labute approximate surface area is 196 Å². The quantitative estimate of drug-likeness (QED) is 0.729. The molecule has 2 aromatic rings. The van der Waals surface area contributed by atoms with Crippen molar-refractivity contribution in [2.45, 2.75) is 58.7 Å². The van der Waals surface area contributed by atoms with Crippen molar-refractivity contribution in [3.63, 3.8) is 0 Å². The number of piperidine rings is 1. The van der Waals surface area contributed by atoms with Crippen LogP contribution in [0.5, 0.6) is 0 Å². The molecule has 0 spiro atoms. The molecule has 0 radical (unpaired) electrons. The predicted octanol–water partition coefficient (Wildman–Crippen LogP) is 4.51. The van der Waals surface area contributed by atoms with Gasteiger partial charge in [0.15, 0.2) is 0 Å². The van der Waals surface area contributed by atoms with Crippen LogP contribution in [-0.4, -0.2) is 42.1 Å². The number of hydrogen-bond acceptors (Lipinski definition) is 4. The average molecular weight is 450 g/mol. The van der Waals surface area contributed by atoms with Crippen LogP contribution in [0.3, 0.4) is 0 Å². The monoisotopic (exact) mass is 449 g/mol. The fourth-order valence-corrected chi connectivity index (χ4v) is 4.54. The minimum atomic E-state index is -0.500. The van der Waals surface area contributed by atoms with Crippen molar-refractivity contribution in [2.24, 2.45) is 5.92 Å². The number of likely N-dealkylation sites (tertiary alicyclic amines) is 1. The molecule has 0 saturated carbocycles. The lowest BCUT2D eigenvalue weighted by atomic mass is 9.96. The van der Waals surface area contributed by atoms with Gasteiger partial charge in [0.2, 0.25) is 5.91 Å². The predicted molar refractivity (Wildman–Crippen MR) is 130 cm³/mol. The number of rotatable bonds is 5. The summed E-state index contributed by atoms with van der Waals surface area (Å²) in [5.74, 6) is 0.00906. The maximum absolute atomic E-state index is 12.6. The highest BCUT2D eigenvalue weighted by molar-refractivity contribution is 5.79. The highest BCUT2D eigenvalue weighted by Gasteiger charge is 2.29. The Bertz CT molecular complexity index is 973. The lowest BCUT2D eigenvalue weighted by Crippen LogP contribution is -2.44. The minimum absolute atomic E-state index is 0.0572. The first-order valence-corrected chi connectivity index (χ1v) is 11.9. The smallest absolute Gasteiger partial charge is 0.410 e. The van der Waals surface area contributed by atoms with Gasteiger partial charge in [-0.3, -0.25) is 4.79 Å². The van der Waals surface area contributed by atoms with E-state index in [2.05, 4.69) is 58.7 Å². The molecular formula is C27H35N3O3. The molecule has 2 amide bonds. The molecule has 0 aromatic heterocycles. The van der Waals surface area contributed by atoms with Crippen LogP contribution in [0.15, 0.2) is 48.5 Å². The van der Waals surface area contributed by atoms with Crippen LogP contribution in [-0.2, 0) is 29.0 Å². The summed E-state index contributed by atoms with van der Waals surface area (Å²) >= 11 is 0. The zero-order valence-corrected chi connectivity index (χ0v) is 20.0. The van der Waals surface area contributed by atoms with Gasteiger partial charge in [0.05, 0.1) is 0 Å². The molecule has 6 heteroatoms. The summed E-state index contributed by atoms with van der Waals surface area (Å²) in [4.78, 5) is 29.0. The van der Waals surface area contributed by atoms with Crippen LogP contribution in [0.2, 0.25) is 0 Å². The second-order valence-corrected chi connectivity index (χ2v) is 10.1. The van der Waals surface area contributed by atoms with E-state index in [1.165, 1.54) is 16.8 Å². The summed E-state index contributed by atoms with van der Waals surface area (Å²) in [6, 6.07) is 17.1. The second kappa shape index (κ2) is 9.86. The van der Waals surface area contributed by atoms with Gasteiger partial charge in [-0.1, -0.05) is 42.5 Å². The van der Waals surface area contributed by atoms with Gasteiger partial charge in [0.1, 0.15) is 5.60 Å². The van der Waals surface area contributed by atoms with Crippen molar-refractivity contribution in [1.82, 2.24) is 10.2 Å². The first kappa shape index (κ1) is 23.1. The number of fused-ring (bicyclic) bond motifs is 1. The molecule has 1 N–H and O–H groups in total. The van der Waals surface area contributed by atoms with Gasteiger partial charge in [-0.2, -0.15) is 0 Å². The fourth-order valence-electron chi connectivity index (χ4n) is 4.54. The van der Waals surface area contributed by atoms with Crippen molar-refractivity contribution in [3.8, 4) is 0 Å². The van der Waals surface area contributed by atoms with Gasteiger partial charge < -0.3 is 19.9 Å². The first-order chi connectivity index (χ1) is 15.8. The van der Waals surface area contributed by atoms with E-state index >= 15 is 0 Å². The van der Waals surface area contributed by atoms with Gasteiger partial charge in [0, 0.05) is 44.3 Å². The van der Waals surface area contributed by atoms with Crippen molar-refractivity contribution >= 4 is 17.7 Å². The maximum Gasteiger partial charge on any atom is 0.410 e. The molecule has 1 saturated heterocycles. The molecule has 2 heterocycles. The molecule has 2 aromatic carbocycles. The van der Waals surface area contributed by atoms with Crippen LogP contribution < -0.4 is 10.2 Å². The molecule has 6 nitrogen and oxygen atoms in total. The lowest BCUT2D eigenvalue weighted by Gasteiger charge is -2.32. The number of nitrogens with zero attached hydrogens (tertiary/aromatic N) is 2. The Hall–Kier alpha value is -3.02. The molecule has 1 fully saturated rings. The molecule has 0 bridgehead atoms. The summed E-state index contributed by atoms with van der Waals surface area (Å²) in [5, 5.41) is 3.07. The van der Waals surface area contributed by atoms with Gasteiger partial charge in [-0.05, 0) is 62.8 Å². The van der Waals surface area contributed by atoms with Crippen molar-refractivity contribution in [3.05, 3.63) is 65.2 Å². The number of amides is 2. The highest BCUT2D eigenvalue weighted by Crippen LogP contribution is 2.28. The SMILES string of the molecule is CC(C)(C)OC(=O)N1CCC(C(=O)NCc2ccc(CN3CCc4ccccc43)cc2)CC1. The van der Waals surface area contributed by atoms with Gasteiger partial charge >= 0.3 is 6.09 Å². The highest BCUT2D eigenvalue weighted by atomic mass is 16.6. The zero-order valence-electron chi connectivity index (χ0n) is 20.0. The van der Waals surface area contributed by atoms with E-state index in [9.17, 15) is 9.59 Å². The number of benzene rings is 2. The van der Waals surface area contributed by atoms with E-state index in [4.69, 9.17) is 4.74 Å².